The average Bonchev–Trinajstić information content (AvgIpc) is 2.89. The molecule has 0 aliphatic carbocycles. The zero-order valence-corrected chi connectivity index (χ0v) is 23.1. The maximum atomic E-state index is 10.4. The highest BCUT2D eigenvalue weighted by Crippen LogP contribution is 2.24. The normalized spacial score (nSPS) is 11.4. The third kappa shape index (κ3) is 13.7. The number of phenolic OH excluding ortho intramolecular Hbond substituents is 1. The van der Waals surface area contributed by atoms with E-state index in [-0.39, 0.29) is 5.75 Å². The number of aryl methyl sites for hydroxylation is 1. The Morgan fingerprint density at radius 3 is 1.81 bits per heavy atom. The van der Waals surface area contributed by atoms with Crippen LogP contribution < -0.4 is 4.74 Å². The Morgan fingerprint density at radius 1 is 0.667 bits per heavy atom. The minimum Gasteiger partial charge on any atom is -0.507 e. The number of ether oxygens (including phenoxy) is 1. The van der Waals surface area contributed by atoms with Gasteiger partial charge in [-0.05, 0) is 49.1 Å². The van der Waals surface area contributed by atoms with Gasteiger partial charge in [0.2, 0.25) is 0 Å². The van der Waals surface area contributed by atoms with Gasteiger partial charge in [0.1, 0.15) is 11.5 Å². The summed E-state index contributed by atoms with van der Waals surface area (Å²) in [6.45, 7) is 5.23. The lowest BCUT2D eigenvalue weighted by Gasteiger charge is -2.08. The summed E-state index contributed by atoms with van der Waals surface area (Å²) in [5.41, 5.74) is 2.98. The monoisotopic (exact) mass is 493 g/mol. The Balaban J connectivity index is 1.62. The van der Waals surface area contributed by atoms with Gasteiger partial charge in [-0.25, -0.2) is 0 Å². The summed E-state index contributed by atoms with van der Waals surface area (Å²) in [5.74, 6) is 0.929. The molecule has 0 bridgehead atoms. The average molecular weight is 494 g/mol. The number of aromatic hydroxyl groups is 1. The zero-order valence-electron chi connectivity index (χ0n) is 23.1. The quantitative estimate of drug-likeness (QED) is 0.139. The van der Waals surface area contributed by atoms with Crippen LogP contribution in [0.25, 0.3) is 0 Å². The molecule has 0 atom stereocenters. The molecule has 2 rings (SSSR count). The van der Waals surface area contributed by atoms with Gasteiger partial charge < -0.3 is 9.84 Å². The standard InChI is InChI=1S/C33H51NO2/c1-3-5-7-9-11-12-13-14-16-18-26-36-32-25-22-30(33(35)27-32)28-34-31-23-20-29(21-24-31)19-17-15-10-8-6-4-2/h20-25,27-28,35H,3-19,26H2,1-2H3. The first-order chi connectivity index (χ1) is 17.7. The second kappa shape index (κ2) is 19.8. The van der Waals surface area contributed by atoms with Crippen molar-refractivity contribution in [3.63, 3.8) is 0 Å². The van der Waals surface area contributed by atoms with Crippen molar-refractivity contribution >= 4 is 11.9 Å². The van der Waals surface area contributed by atoms with Crippen LogP contribution in [-0.4, -0.2) is 17.9 Å². The van der Waals surface area contributed by atoms with Crippen molar-refractivity contribution < 1.29 is 9.84 Å². The molecule has 0 aliphatic heterocycles. The van der Waals surface area contributed by atoms with Crippen LogP contribution in [0.2, 0.25) is 0 Å². The molecule has 3 heteroatoms. The molecule has 3 nitrogen and oxygen atoms in total. The molecule has 0 aromatic heterocycles. The number of unbranched alkanes of at least 4 members (excludes halogenated alkanes) is 14. The largest absolute Gasteiger partial charge is 0.507 e. The maximum absolute atomic E-state index is 10.4. The van der Waals surface area contributed by atoms with Gasteiger partial charge in [0.05, 0.1) is 12.3 Å². The molecule has 2 aromatic carbocycles. The van der Waals surface area contributed by atoms with Gasteiger partial charge in [-0.2, -0.15) is 0 Å². The fourth-order valence-electron chi connectivity index (χ4n) is 4.50. The van der Waals surface area contributed by atoms with Crippen molar-refractivity contribution in [2.75, 3.05) is 6.61 Å². The van der Waals surface area contributed by atoms with Gasteiger partial charge in [0.15, 0.2) is 0 Å². The topological polar surface area (TPSA) is 41.8 Å². The Hall–Kier alpha value is -2.29. The molecule has 200 valence electrons. The lowest BCUT2D eigenvalue weighted by Crippen LogP contribution is -1.97. The Bertz CT molecular complexity index is 828. The minimum absolute atomic E-state index is 0.207. The van der Waals surface area contributed by atoms with Crippen LogP contribution in [0.3, 0.4) is 0 Å². The predicted octanol–water partition coefficient (Wildman–Crippen LogP) is 10.3. The number of hydrogen-bond donors (Lipinski definition) is 1. The van der Waals surface area contributed by atoms with Crippen LogP contribution >= 0.6 is 0 Å². The number of hydrogen-bond acceptors (Lipinski definition) is 3. The molecule has 0 radical (unpaired) electrons. The fourth-order valence-corrected chi connectivity index (χ4v) is 4.50. The van der Waals surface area contributed by atoms with E-state index in [1.165, 1.54) is 102 Å². The Labute approximate surface area is 221 Å². The van der Waals surface area contributed by atoms with E-state index in [0.717, 1.165) is 24.3 Å². The number of nitrogens with zero attached hydrogens (tertiary/aromatic N) is 1. The first kappa shape index (κ1) is 29.9. The van der Waals surface area contributed by atoms with Gasteiger partial charge in [-0.3, -0.25) is 4.99 Å². The summed E-state index contributed by atoms with van der Waals surface area (Å²) in [4.78, 5) is 4.54. The van der Waals surface area contributed by atoms with Crippen molar-refractivity contribution in [3.8, 4) is 11.5 Å². The smallest absolute Gasteiger partial charge is 0.128 e. The number of aliphatic imine (C=N–C) groups is 1. The minimum atomic E-state index is 0.207. The molecule has 0 unspecified atom stereocenters. The number of benzene rings is 2. The third-order valence-corrected chi connectivity index (χ3v) is 6.88. The summed E-state index contributed by atoms with van der Waals surface area (Å²) in [5, 5.41) is 10.4. The summed E-state index contributed by atoms with van der Waals surface area (Å²) in [7, 11) is 0. The second-order valence-corrected chi connectivity index (χ2v) is 10.2. The molecular formula is C33H51NO2. The van der Waals surface area contributed by atoms with Crippen molar-refractivity contribution in [1.29, 1.82) is 0 Å². The van der Waals surface area contributed by atoms with Crippen LogP contribution in [-0.2, 0) is 6.42 Å². The lowest BCUT2D eigenvalue weighted by molar-refractivity contribution is 0.302. The number of rotatable bonds is 21. The summed E-state index contributed by atoms with van der Waals surface area (Å²) >= 11 is 0. The van der Waals surface area contributed by atoms with Gasteiger partial charge >= 0.3 is 0 Å². The van der Waals surface area contributed by atoms with Gasteiger partial charge in [-0.15, -0.1) is 0 Å². The maximum Gasteiger partial charge on any atom is 0.128 e. The molecule has 36 heavy (non-hydrogen) atoms. The van der Waals surface area contributed by atoms with E-state index in [9.17, 15) is 5.11 Å². The first-order valence-electron chi connectivity index (χ1n) is 14.8. The van der Waals surface area contributed by atoms with Crippen molar-refractivity contribution in [2.24, 2.45) is 4.99 Å². The second-order valence-electron chi connectivity index (χ2n) is 10.2. The SMILES string of the molecule is CCCCCCCCCCCCOc1ccc(C=Nc2ccc(CCCCCCCC)cc2)c(O)c1. The Kier molecular flexibility index (Phi) is 16.5. The molecule has 0 heterocycles. The van der Waals surface area contributed by atoms with Crippen molar-refractivity contribution in [3.05, 3.63) is 53.6 Å². The van der Waals surface area contributed by atoms with Crippen LogP contribution in [0, 0.1) is 0 Å². The molecule has 0 amide bonds. The zero-order chi connectivity index (χ0) is 25.7. The molecule has 0 fully saturated rings. The Morgan fingerprint density at radius 2 is 1.22 bits per heavy atom. The van der Waals surface area contributed by atoms with Crippen LogP contribution in [0.15, 0.2) is 47.5 Å². The third-order valence-electron chi connectivity index (χ3n) is 6.88. The first-order valence-corrected chi connectivity index (χ1v) is 14.8. The van der Waals surface area contributed by atoms with Gasteiger partial charge in [-0.1, -0.05) is 116 Å². The summed E-state index contributed by atoms with van der Waals surface area (Å²) in [6.07, 6.45) is 24.0. The highest BCUT2D eigenvalue weighted by molar-refractivity contribution is 5.85. The molecule has 1 N–H and O–H groups in total. The van der Waals surface area contributed by atoms with Crippen molar-refractivity contribution in [1.82, 2.24) is 0 Å². The van der Waals surface area contributed by atoms with Crippen LogP contribution in [0.4, 0.5) is 5.69 Å². The van der Waals surface area contributed by atoms with E-state index in [1.54, 1.807) is 12.3 Å². The molecule has 0 saturated carbocycles. The van der Waals surface area contributed by atoms with E-state index in [1.807, 2.05) is 12.1 Å². The predicted molar refractivity (Wildman–Crippen MR) is 156 cm³/mol. The van der Waals surface area contributed by atoms with Crippen LogP contribution in [0.1, 0.15) is 128 Å². The molecule has 0 aliphatic rings. The molecular weight excluding hydrogens is 442 g/mol. The van der Waals surface area contributed by atoms with Crippen molar-refractivity contribution in [2.45, 2.75) is 123 Å². The fraction of sp³-hybridized carbons (Fsp3) is 0.606. The van der Waals surface area contributed by atoms with E-state index >= 15 is 0 Å². The number of phenols is 1. The lowest BCUT2D eigenvalue weighted by atomic mass is 10.0. The van der Waals surface area contributed by atoms with Crippen LogP contribution in [0.5, 0.6) is 11.5 Å². The summed E-state index contributed by atoms with van der Waals surface area (Å²) in [6, 6.07) is 13.9. The summed E-state index contributed by atoms with van der Waals surface area (Å²) < 4.78 is 5.84. The van der Waals surface area contributed by atoms with E-state index in [4.69, 9.17) is 4.74 Å². The van der Waals surface area contributed by atoms with E-state index in [2.05, 4.69) is 43.1 Å². The molecule has 0 saturated heterocycles. The highest BCUT2D eigenvalue weighted by atomic mass is 16.5. The van der Waals surface area contributed by atoms with Gasteiger partial charge in [0, 0.05) is 17.8 Å². The van der Waals surface area contributed by atoms with E-state index in [0.29, 0.717) is 12.2 Å². The molecule has 0 spiro atoms. The van der Waals surface area contributed by atoms with E-state index < -0.39 is 0 Å². The molecule has 2 aromatic rings. The van der Waals surface area contributed by atoms with Gasteiger partial charge in [0.25, 0.3) is 0 Å². The highest BCUT2D eigenvalue weighted by Gasteiger charge is 2.03.